The molecule has 1 atom stereocenters. The first kappa shape index (κ1) is 10.1. The molecule has 0 fully saturated rings. The van der Waals surface area contributed by atoms with E-state index in [4.69, 9.17) is 0 Å². The second-order valence-electron chi connectivity index (χ2n) is 3.70. The van der Waals surface area contributed by atoms with Gasteiger partial charge in [-0.2, -0.15) is 0 Å². The van der Waals surface area contributed by atoms with Crippen LogP contribution in [0.15, 0.2) is 24.4 Å². The summed E-state index contributed by atoms with van der Waals surface area (Å²) < 4.78 is 2.04. The lowest BCUT2D eigenvalue weighted by atomic mass is 10.1. The van der Waals surface area contributed by atoms with Crippen LogP contribution >= 0.6 is 0 Å². The van der Waals surface area contributed by atoms with Crippen molar-refractivity contribution in [2.45, 2.75) is 19.8 Å². The molecule has 0 saturated carbocycles. The lowest BCUT2D eigenvalue weighted by Crippen LogP contribution is -2.20. The zero-order valence-electron chi connectivity index (χ0n) is 9.14. The molecule has 0 aliphatic heterocycles. The van der Waals surface area contributed by atoms with Crippen LogP contribution in [0.4, 0.5) is 0 Å². The first-order valence-corrected chi connectivity index (χ1v) is 5.33. The zero-order chi connectivity index (χ0) is 10.7. The molecule has 0 saturated heterocycles. The van der Waals surface area contributed by atoms with Crippen molar-refractivity contribution in [3.63, 3.8) is 0 Å². The van der Waals surface area contributed by atoms with Gasteiger partial charge in [0.1, 0.15) is 5.82 Å². The number of hydrogen-bond acceptors (Lipinski definition) is 3. The number of hydrogen-bond donors (Lipinski definition) is 1. The highest BCUT2D eigenvalue weighted by Gasteiger charge is 2.11. The molecule has 0 bridgehead atoms. The van der Waals surface area contributed by atoms with E-state index in [0.29, 0.717) is 5.92 Å². The molecular formula is C11H16N4. The van der Waals surface area contributed by atoms with Crippen LogP contribution in [0.3, 0.4) is 0 Å². The van der Waals surface area contributed by atoms with Gasteiger partial charge in [-0.3, -0.25) is 4.40 Å². The highest BCUT2D eigenvalue weighted by molar-refractivity contribution is 5.37. The fourth-order valence-electron chi connectivity index (χ4n) is 1.65. The first-order valence-electron chi connectivity index (χ1n) is 5.33. The Kier molecular flexibility index (Phi) is 2.97. The second kappa shape index (κ2) is 4.40. The van der Waals surface area contributed by atoms with Crippen molar-refractivity contribution in [1.29, 1.82) is 0 Å². The Hall–Kier alpha value is -1.42. The summed E-state index contributed by atoms with van der Waals surface area (Å²) >= 11 is 0. The molecule has 2 aromatic heterocycles. The van der Waals surface area contributed by atoms with Gasteiger partial charge in [-0.05, 0) is 18.7 Å². The van der Waals surface area contributed by atoms with Gasteiger partial charge in [0.15, 0.2) is 5.65 Å². The van der Waals surface area contributed by atoms with Crippen LogP contribution < -0.4 is 5.32 Å². The Balaban J connectivity index is 2.27. The smallest absolute Gasteiger partial charge is 0.160 e. The van der Waals surface area contributed by atoms with Gasteiger partial charge < -0.3 is 5.32 Å². The molecule has 4 heteroatoms. The SMILES string of the molecule is CCNCC(C)c1nnc2ccccn12. The standard InChI is InChI=1S/C11H16N4/c1-3-12-8-9(2)11-14-13-10-6-4-5-7-15(10)11/h4-7,9,12H,3,8H2,1-2H3. The molecule has 1 unspecified atom stereocenters. The lowest BCUT2D eigenvalue weighted by Gasteiger charge is -2.09. The first-order chi connectivity index (χ1) is 7.33. The second-order valence-corrected chi connectivity index (χ2v) is 3.70. The predicted molar refractivity (Wildman–Crippen MR) is 59.9 cm³/mol. The minimum Gasteiger partial charge on any atom is -0.316 e. The number of rotatable bonds is 4. The summed E-state index contributed by atoms with van der Waals surface area (Å²) in [5.74, 6) is 1.40. The summed E-state index contributed by atoms with van der Waals surface area (Å²) in [5, 5.41) is 11.7. The van der Waals surface area contributed by atoms with Crippen molar-refractivity contribution in [1.82, 2.24) is 19.9 Å². The number of likely N-dealkylation sites (N-methyl/N-ethyl adjacent to an activating group) is 1. The van der Waals surface area contributed by atoms with Gasteiger partial charge in [0.05, 0.1) is 0 Å². The molecule has 1 N–H and O–H groups in total. The van der Waals surface area contributed by atoms with Crippen molar-refractivity contribution >= 4 is 5.65 Å². The number of nitrogens with zero attached hydrogens (tertiary/aromatic N) is 3. The summed E-state index contributed by atoms with van der Waals surface area (Å²) in [6.45, 7) is 6.19. The number of fused-ring (bicyclic) bond motifs is 1. The van der Waals surface area contributed by atoms with E-state index in [0.717, 1.165) is 24.6 Å². The van der Waals surface area contributed by atoms with E-state index in [1.807, 2.05) is 28.8 Å². The maximum Gasteiger partial charge on any atom is 0.160 e. The van der Waals surface area contributed by atoms with Gasteiger partial charge in [-0.1, -0.05) is 19.9 Å². The zero-order valence-corrected chi connectivity index (χ0v) is 9.14. The lowest BCUT2D eigenvalue weighted by molar-refractivity contribution is 0.603. The van der Waals surface area contributed by atoms with Gasteiger partial charge >= 0.3 is 0 Å². The fraction of sp³-hybridized carbons (Fsp3) is 0.455. The van der Waals surface area contributed by atoms with E-state index < -0.39 is 0 Å². The molecule has 0 aromatic carbocycles. The van der Waals surface area contributed by atoms with Crippen LogP contribution in [0.25, 0.3) is 5.65 Å². The predicted octanol–water partition coefficient (Wildman–Crippen LogP) is 1.44. The highest BCUT2D eigenvalue weighted by atomic mass is 15.2. The number of nitrogens with one attached hydrogen (secondary N) is 1. The summed E-state index contributed by atoms with van der Waals surface area (Å²) in [4.78, 5) is 0. The van der Waals surface area contributed by atoms with E-state index in [1.54, 1.807) is 0 Å². The quantitative estimate of drug-likeness (QED) is 0.819. The van der Waals surface area contributed by atoms with Crippen molar-refractivity contribution in [2.24, 2.45) is 0 Å². The Morgan fingerprint density at radius 2 is 2.27 bits per heavy atom. The maximum absolute atomic E-state index is 4.22. The number of aromatic nitrogens is 3. The van der Waals surface area contributed by atoms with Crippen molar-refractivity contribution < 1.29 is 0 Å². The van der Waals surface area contributed by atoms with Gasteiger partial charge in [-0.25, -0.2) is 0 Å². The largest absolute Gasteiger partial charge is 0.316 e. The molecule has 0 spiro atoms. The van der Waals surface area contributed by atoms with Crippen LogP contribution in [-0.2, 0) is 0 Å². The van der Waals surface area contributed by atoms with Gasteiger partial charge in [0.25, 0.3) is 0 Å². The fourth-order valence-corrected chi connectivity index (χ4v) is 1.65. The van der Waals surface area contributed by atoms with Crippen molar-refractivity contribution in [3.05, 3.63) is 30.2 Å². The Morgan fingerprint density at radius 1 is 1.40 bits per heavy atom. The highest BCUT2D eigenvalue weighted by Crippen LogP contribution is 2.12. The van der Waals surface area contributed by atoms with E-state index in [1.165, 1.54) is 0 Å². The van der Waals surface area contributed by atoms with Gasteiger partial charge in [0, 0.05) is 18.7 Å². The van der Waals surface area contributed by atoms with Crippen LogP contribution in [0.2, 0.25) is 0 Å². The number of pyridine rings is 1. The molecular weight excluding hydrogens is 188 g/mol. The van der Waals surface area contributed by atoms with Crippen LogP contribution in [0.5, 0.6) is 0 Å². The molecule has 0 amide bonds. The van der Waals surface area contributed by atoms with Crippen LogP contribution in [-0.4, -0.2) is 27.7 Å². The van der Waals surface area contributed by atoms with Gasteiger partial charge in [-0.15, -0.1) is 10.2 Å². The monoisotopic (exact) mass is 204 g/mol. The van der Waals surface area contributed by atoms with Crippen LogP contribution in [0.1, 0.15) is 25.6 Å². The molecule has 0 radical (unpaired) electrons. The molecule has 2 heterocycles. The van der Waals surface area contributed by atoms with Crippen molar-refractivity contribution in [2.75, 3.05) is 13.1 Å². The molecule has 4 nitrogen and oxygen atoms in total. The molecule has 2 aromatic rings. The van der Waals surface area contributed by atoms with Crippen molar-refractivity contribution in [3.8, 4) is 0 Å². The maximum atomic E-state index is 4.22. The minimum absolute atomic E-state index is 0.377. The Morgan fingerprint density at radius 3 is 3.07 bits per heavy atom. The Bertz CT molecular complexity index is 435. The summed E-state index contributed by atoms with van der Waals surface area (Å²) in [6.07, 6.45) is 2.01. The normalized spacial score (nSPS) is 13.2. The van der Waals surface area contributed by atoms with E-state index in [9.17, 15) is 0 Å². The summed E-state index contributed by atoms with van der Waals surface area (Å²) in [6, 6.07) is 5.94. The minimum atomic E-state index is 0.377. The molecule has 0 aliphatic carbocycles. The average molecular weight is 204 g/mol. The molecule has 80 valence electrons. The third-order valence-corrected chi connectivity index (χ3v) is 2.48. The third-order valence-electron chi connectivity index (χ3n) is 2.48. The average Bonchev–Trinajstić information content (AvgIpc) is 2.69. The Labute approximate surface area is 89.3 Å². The van der Waals surface area contributed by atoms with E-state index in [-0.39, 0.29) is 0 Å². The van der Waals surface area contributed by atoms with Crippen LogP contribution in [0, 0.1) is 0 Å². The summed E-state index contributed by atoms with van der Waals surface area (Å²) in [5.41, 5.74) is 0.913. The topological polar surface area (TPSA) is 42.2 Å². The molecule has 0 aliphatic rings. The summed E-state index contributed by atoms with van der Waals surface area (Å²) in [7, 11) is 0. The van der Waals surface area contributed by atoms with E-state index >= 15 is 0 Å². The van der Waals surface area contributed by atoms with E-state index in [2.05, 4.69) is 29.4 Å². The molecule has 2 rings (SSSR count). The van der Waals surface area contributed by atoms with Gasteiger partial charge in [0.2, 0.25) is 0 Å². The molecule has 15 heavy (non-hydrogen) atoms. The third kappa shape index (κ3) is 1.99.